The number of fused-ring (bicyclic) bond motifs is 1. The van der Waals surface area contributed by atoms with Gasteiger partial charge in [0.2, 0.25) is 0 Å². The van der Waals surface area contributed by atoms with Crippen molar-refractivity contribution >= 4 is 11.7 Å². The normalized spacial score (nSPS) is 14.7. The summed E-state index contributed by atoms with van der Waals surface area (Å²) in [4.78, 5) is 24.9. The molecule has 3 rings (SSSR count). The van der Waals surface area contributed by atoms with Gasteiger partial charge in [-0.1, -0.05) is 6.07 Å². The van der Waals surface area contributed by atoms with Gasteiger partial charge in [-0.15, -0.1) is 0 Å². The number of hydrogen-bond donors (Lipinski definition) is 0. The minimum Gasteiger partial charge on any atom is -0.358 e. The van der Waals surface area contributed by atoms with Crippen LogP contribution < -0.4 is 4.90 Å². The quantitative estimate of drug-likeness (QED) is 0.787. The van der Waals surface area contributed by atoms with Crippen LogP contribution in [0.4, 0.5) is 5.82 Å². The fourth-order valence-electron chi connectivity index (χ4n) is 2.40. The van der Waals surface area contributed by atoms with Crippen molar-refractivity contribution in [3.05, 3.63) is 54.0 Å². The molecule has 1 aliphatic heterocycles. The predicted molar refractivity (Wildman–Crippen MR) is 76.5 cm³/mol. The third kappa shape index (κ3) is 2.34. The topological polar surface area (TPSA) is 49.3 Å². The van der Waals surface area contributed by atoms with Gasteiger partial charge < -0.3 is 9.80 Å². The number of carbonyl (C=O) groups is 1. The SMILES string of the molecule is CN1CCN(C(=O)c2cccnc2)Cc2cccnc21. The smallest absolute Gasteiger partial charge is 0.255 e. The summed E-state index contributed by atoms with van der Waals surface area (Å²) >= 11 is 0. The van der Waals surface area contributed by atoms with Gasteiger partial charge in [0.05, 0.1) is 5.56 Å². The fraction of sp³-hybridized carbons (Fsp3) is 0.267. The van der Waals surface area contributed by atoms with Crippen LogP contribution in [0.3, 0.4) is 0 Å². The number of rotatable bonds is 1. The molecular weight excluding hydrogens is 252 g/mol. The second kappa shape index (κ2) is 5.28. The molecule has 0 N–H and O–H groups in total. The lowest BCUT2D eigenvalue weighted by Gasteiger charge is -2.20. The highest BCUT2D eigenvalue weighted by atomic mass is 16.2. The Hall–Kier alpha value is -2.43. The van der Waals surface area contributed by atoms with Crippen molar-refractivity contribution in [2.45, 2.75) is 6.54 Å². The van der Waals surface area contributed by atoms with E-state index >= 15 is 0 Å². The molecular formula is C15H16N4O. The number of amides is 1. The first-order valence-corrected chi connectivity index (χ1v) is 6.60. The molecule has 0 radical (unpaired) electrons. The Morgan fingerprint density at radius 2 is 2.05 bits per heavy atom. The van der Waals surface area contributed by atoms with Crippen molar-refractivity contribution in [2.24, 2.45) is 0 Å². The van der Waals surface area contributed by atoms with Crippen LogP contribution in [0, 0.1) is 0 Å². The van der Waals surface area contributed by atoms with E-state index in [1.807, 2.05) is 24.1 Å². The Morgan fingerprint density at radius 1 is 1.20 bits per heavy atom. The number of anilines is 1. The third-order valence-electron chi connectivity index (χ3n) is 3.49. The maximum atomic E-state index is 12.5. The van der Waals surface area contributed by atoms with Gasteiger partial charge in [0.1, 0.15) is 5.82 Å². The Labute approximate surface area is 117 Å². The largest absolute Gasteiger partial charge is 0.358 e. The molecule has 0 aliphatic carbocycles. The molecule has 102 valence electrons. The number of nitrogens with zero attached hydrogens (tertiary/aromatic N) is 4. The predicted octanol–water partition coefficient (Wildman–Crippen LogP) is 1.57. The molecule has 5 heteroatoms. The number of carbonyl (C=O) groups excluding carboxylic acids is 1. The Balaban J connectivity index is 1.88. The van der Waals surface area contributed by atoms with Crippen LogP contribution in [0.2, 0.25) is 0 Å². The lowest BCUT2D eigenvalue weighted by molar-refractivity contribution is 0.0751. The van der Waals surface area contributed by atoms with Gasteiger partial charge in [-0.25, -0.2) is 4.98 Å². The zero-order valence-electron chi connectivity index (χ0n) is 11.4. The first-order valence-electron chi connectivity index (χ1n) is 6.60. The van der Waals surface area contributed by atoms with E-state index in [2.05, 4.69) is 14.9 Å². The summed E-state index contributed by atoms with van der Waals surface area (Å²) in [7, 11) is 2.00. The molecule has 2 aromatic heterocycles. The number of likely N-dealkylation sites (N-methyl/N-ethyl adjacent to an activating group) is 1. The third-order valence-corrected chi connectivity index (χ3v) is 3.49. The highest BCUT2D eigenvalue weighted by molar-refractivity contribution is 5.94. The number of pyridine rings is 2. The standard InChI is InChI=1S/C15H16N4O/c1-18-8-9-19(11-13-5-3-7-17-14(13)18)15(20)12-4-2-6-16-10-12/h2-7,10H,8-9,11H2,1H3. The van der Waals surface area contributed by atoms with Gasteiger partial charge in [0, 0.05) is 50.8 Å². The van der Waals surface area contributed by atoms with E-state index in [1.54, 1.807) is 30.7 Å². The fourth-order valence-corrected chi connectivity index (χ4v) is 2.40. The number of hydrogen-bond acceptors (Lipinski definition) is 4. The zero-order valence-corrected chi connectivity index (χ0v) is 11.4. The second-order valence-electron chi connectivity index (χ2n) is 4.88. The van der Waals surface area contributed by atoms with Gasteiger partial charge in [-0.3, -0.25) is 9.78 Å². The van der Waals surface area contributed by atoms with Crippen LogP contribution >= 0.6 is 0 Å². The van der Waals surface area contributed by atoms with E-state index < -0.39 is 0 Å². The summed E-state index contributed by atoms with van der Waals surface area (Å²) in [5, 5.41) is 0. The summed E-state index contributed by atoms with van der Waals surface area (Å²) in [6.45, 7) is 2.04. The molecule has 0 bridgehead atoms. The van der Waals surface area contributed by atoms with Gasteiger partial charge in [-0.2, -0.15) is 0 Å². The summed E-state index contributed by atoms with van der Waals surface area (Å²) in [6, 6.07) is 7.51. The molecule has 1 aliphatic rings. The zero-order chi connectivity index (χ0) is 13.9. The highest BCUT2D eigenvalue weighted by Crippen LogP contribution is 2.21. The molecule has 0 unspecified atom stereocenters. The molecule has 0 saturated carbocycles. The highest BCUT2D eigenvalue weighted by Gasteiger charge is 2.22. The molecule has 0 spiro atoms. The summed E-state index contributed by atoms with van der Waals surface area (Å²) in [5.41, 5.74) is 1.70. The van der Waals surface area contributed by atoms with Crippen molar-refractivity contribution in [1.29, 1.82) is 0 Å². The van der Waals surface area contributed by atoms with Crippen molar-refractivity contribution in [3.8, 4) is 0 Å². The van der Waals surface area contributed by atoms with Crippen molar-refractivity contribution in [3.63, 3.8) is 0 Å². The van der Waals surface area contributed by atoms with Gasteiger partial charge in [-0.05, 0) is 18.2 Å². The molecule has 3 heterocycles. The molecule has 0 saturated heterocycles. The average molecular weight is 268 g/mol. The Bertz CT molecular complexity index is 614. The number of aromatic nitrogens is 2. The molecule has 5 nitrogen and oxygen atoms in total. The molecule has 0 aromatic carbocycles. The van der Waals surface area contributed by atoms with Crippen molar-refractivity contribution in [1.82, 2.24) is 14.9 Å². The first kappa shape index (κ1) is 12.6. The van der Waals surface area contributed by atoms with Crippen LogP contribution in [-0.4, -0.2) is 40.9 Å². The van der Waals surface area contributed by atoms with Crippen LogP contribution in [-0.2, 0) is 6.54 Å². The van der Waals surface area contributed by atoms with Crippen LogP contribution in [0.1, 0.15) is 15.9 Å². The lowest BCUT2D eigenvalue weighted by Crippen LogP contribution is -2.34. The van der Waals surface area contributed by atoms with E-state index in [0.29, 0.717) is 18.7 Å². The second-order valence-corrected chi connectivity index (χ2v) is 4.88. The average Bonchev–Trinajstić information content (AvgIpc) is 2.67. The minimum absolute atomic E-state index is 0.0169. The monoisotopic (exact) mass is 268 g/mol. The Kier molecular flexibility index (Phi) is 3.33. The summed E-state index contributed by atoms with van der Waals surface area (Å²) < 4.78 is 0. The van der Waals surface area contributed by atoms with Gasteiger partial charge in [0.25, 0.3) is 5.91 Å². The molecule has 1 amide bonds. The van der Waals surface area contributed by atoms with Crippen LogP contribution in [0.5, 0.6) is 0 Å². The maximum absolute atomic E-state index is 12.5. The maximum Gasteiger partial charge on any atom is 0.255 e. The lowest BCUT2D eigenvalue weighted by atomic mass is 10.2. The minimum atomic E-state index is 0.0169. The van der Waals surface area contributed by atoms with E-state index in [0.717, 1.165) is 17.9 Å². The Morgan fingerprint density at radius 3 is 2.85 bits per heavy atom. The van der Waals surface area contributed by atoms with E-state index in [4.69, 9.17) is 0 Å². The van der Waals surface area contributed by atoms with Gasteiger partial charge >= 0.3 is 0 Å². The summed E-state index contributed by atoms with van der Waals surface area (Å²) in [6.07, 6.45) is 5.07. The van der Waals surface area contributed by atoms with Crippen LogP contribution in [0.25, 0.3) is 0 Å². The van der Waals surface area contributed by atoms with E-state index in [9.17, 15) is 4.79 Å². The molecule has 0 fully saturated rings. The van der Waals surface area contributed by atoms with Crippen LogP contribution in [0.15, 0.2) is 42.9 Å². The molecule has 0 atom stereocenters. The molecule has 20 heavy (non-hydrogen) atoms. The summed E-state index contributed by atoms with van der Waals surface area (Å²) in [5.74, 6) is 0.970. The van der Waals surface area contributed by atoms with Crippen molar-refractivity contribution < 1.29 is 4.79 Å². The van der Waals surface area contributed by atoms with E-state index in [1.165, 1.54) is 0 Å². The van der Waals surface area contributed by atoms with E-state index in [-0.39, 0.29) is 5.91 Å². The van der Waals surface area contributed by atoms with Gasteiger partial charge in [0.15, 0.2) is 0 Å². The van der Waals surface area contributed by atoms with Crippen molar-refractivity contribution in [2.75, 3.05) is 25.0 Å². The molecule has 2 aromatic rings. The first-order chi connectivity index (χ1) is 9.75.